The molecule has 0 spiro atoms. The minimum atomic E-state index is -0.511. The van der Waals surface area contributed by atoms with Crippen molar-refractivity contribution in [3.05, 3.63) is 99.0 Å². The first-order valence-electron chi connectivity index (χ1n) is 9.76. The number of hydrogen-bond acceptors (Lipinski definition) is 5. The fraction of sp³-hybridized carbons (Fsp3) is 0.0833. The van der Waals surface area contributed by atoms with E-state index in [0.717, 1.165) is 5.56 Å². The predicted octanol–water partition coefficient (Wildman–Crippen LogP) is 4.40. The lowest BCUT2D eigenvalue weighted by atomic mass is 10.1. The van der Waals surface area contributed by atoms with Crippen LogP contribution in [0.3, 0.4) is 0 Å². The van der Waals surface area contributed by atoms with Crippen molar-refractivity contribution in [3.63, 3.8) is 0 Å². The van der Waals surface area contributed by atoms with E-state index < -0.39 is 17.8 Å². The third-order valence-electron chi connectivity index (χ3n) is 4.45. The molecule has 168 valence electrons. The van der Waals surface area contributed by atoms with Crippen LogP contribution >= 0.6 is 23.2 Å². The average Bonchev–Trinajstić information content (AvgIpc) is 2.80. The first-order chi connectivity index (χ1) is 15.8. The molecule has 3 rings (SSSR count). The van der Waals surface area contributed by atoms with Crippen molar-refractivity contribution in [1.82, 2.24) is 10.7 Å². The second-order valence-electron chi connectivity index (χ2n) is 6.88. The van der Waals surface area contributed by atoms with Gasteiger partial charge in [-0.05, 0) is 66.6 Å². The van der Waals surface area contributed by atoms with Crippen LogP contribution in [0.2, 0.25) is 10.0 Å². The molecule has 0 saturated carbocycles. The molecule has 0 saturated heterocycles. The molecule has 0 atom stereocenters. The molecule has 7 nitrogen and oxygen atoms in total. The number of amides is 2. The second-order valence-corrected chi connectivity index (χ2v) is 7.69. The number of rotatable bonds is 7. The molecule has 0 heterocycles. The number of nitrogens with one attached hydrogen (secondary N) is 2. The molecule has 0 aromatic heterocycles. The van der Waals surface area contributed by atoms with Gasteiger partial charge in [0.2, 0.25) is 0 Å². The van der Waals surface area contributed by atoms with Crippen LogP contribution in [0.15, 0.2) is 71.8 Å². The quantitative estimate of drug-likeness (QED) is 0.225. The van der Waals surface area contributed by atoms with Gasteiger partial charge in [0.25, 0.3) is 11.8 Å². The van der Waals surface area contributed by atoms with Crippen molar-refractivity contribution >= 4 is 47.2 Å². The summed E-state index contributed by atoms with van der Waals surface area (Å²) in [5.41, 5.74) is 4.60. The van der Waals surface area contributed by atoms with Gasteiger partial charge in [0.1, 0.15) is 5.75 Å². The lowest BCUT2D eigenvalue weighted by Gasteiger charge is -2.07. The topological polar surface area (TPSA) is 96.9 Å². The van der Waals surface area contributed by atoms with Crippen molar-refractivity contribution in [2.75, 3.05) is 6.54 Å². The number of benzene rings is 3. The molecule has 0 radical (unpaired) electrons. The fourth-order valence-corrected chi connectivity index (χ4v) is 3.00. The van der Waals surface area contributed by atoms with E-state index in [4.69, 9.17) is 27.9 Å². The van der Waals surface area contributed by atoms with E-state index in [1.165, 1.54) is 24.4 Å². The van der Waals surface area contributed by atoms with Crippen LogP contribution in [-0.2, 0) is 4.79 Å². The molecule has 0 fully saturated rings. The van der Waals surface area contributed by atoms with Gasteiger partial charge in [0.05, 0.1) is 28.4 Å². The Bertz CT molecular complexity index is 1210. The number of hydrogen-bond donors (Lipinski definition) is 2. The third-order valence-corrected chi connectivity index (χ3v) is 5.19. The smallest absolute Gasteiger partial charge is 0.343 e. The number of halogens is 2. The predicted molar refractivity (Wildman–Crippen MR) is 127 cm³/mol. The molecule has 3 aromatic rings. The number of carbonyl (C=O) groups excluding carboxylic acids is 3. The molecule has 3 aromatic carbocycles. The van der Waals surface area contributed by atoms with Crippen LogP contribution in [0.5, 0.6) is 5.75 Å². The molecular formula is C24H19Cl2N3O4. The summed E-state index contributed by atoms with van der Waals surface area (Å²) >= 11 is 11.7. The first-order valence-corrected chi connectivity index (χ1v) is 10.5. The molecule has 0 aliphatic carbocycles. The second kappa shape index (κ2) is 11.3. The number of aryl methyl sites for hydroxylation is 1. The maximum atomic E-state index is 12.3. The molecule has 0 unspecified atom stereocenters. The maximum absolute atomic E-state index is 12.3. The van der Waals surface area contributed by atoms with E-state index in [9.17, 15) is 14.4 Å². The van der Waals surface area contributed by atoms with Gasteiger partial charge in [0, 0.05) is 5.56 Å². The molecule has 33 heavy (non-hydrogen) atoms. The molecule has 9 heteroatoms. The van der Waals surface area contributed by atoms with Crippen LogP contribution in [0.1, 0.15) is 31.8 Å². The highest BCUT2D eigenvalue weighted by Crippen LogP contribution is 2.22. The average molecular weight is 484 g/mol. The van der Waals surface area contributed by atoms with E-state index in [0.29, 0.717) is 21.9 Å². The highest BCUT2D eigenvalue weighted by molar-refractivity contribution is 6.42. The Morgan fingerprint density at radius 3 is 2.39 bits per heavy atom. The van der Waals surface area contributed by atoms with Crippen LogP contribution in [0, 0.1) is 6.92 Å². The Kier molecular flexibility index (Phi) is 8.18. The SMILES string of the molecule is Cc1ccccc1C(=O)Oc1ccc(/C=N\NC(=O)CNC(=O)c2ccc(Cl)c(Cl)c2)cc1. The summed E-state index contributed by atoms with van der Waals surface area (Å²) in [6.45, 7) is 1.56. The Labute approximate surface area is 200 Å². The lowest BCUT2D eigenvalue weighted by molar-refractivity contribution is -0.120. The number of hydrazone groups is 1. The minimum absolute atomic E-state index is 0.245. The van der Waals surface area contributed by atoms with Crippen molar-refractivity contribution < 1.29 is 19.1 Å². The van der Waals surface area contributed by atoms with Crippen LogP contribution in [0.25, 0.3) is 0 Å². The summed E-state index contributed by atoms with van der Waals surface area (Å²) in [4.78, 5) is 36.2. The van der Waals surface area contributed by atoms with Crippen molar-refractivity contribution in [2.45, 2.75) is 6.92 Å². The van der Waals surface area contributed by atoms with Gasteiger partial charge in [-0.3, -0.25) is 9.59 Å². The van der Waals surface area contributed by atoms with Crippen molar-refractivity contribution in [2.24, 2.45) is 5.10 Å². The Hall–Kier alpha value is -3.68. The molecular weight excluding hydrogens is 465 g/mol. The monoisotopic (exact) mass is 483 g/mol. The zero-order chi connectivity index (χ0) is 23.8. The lowest BCUT2D eigenvalue weighted by Crippen LogP contribution is -2.34. The standard InChI is InChI=1S/C24H19Cl2N3O4/c1-15-4-2-3-5-19(15)24(32)33-18-9-6-16(7-10-18)13-28-29-22(30)14-27-23(31)17-8-11-20(25)21(26)12-17/h2-13H,14H2,1H3,(H,27,31)(H,29,30)/b28-13-. The Morgan fingerprint density at radius 1 is 0.970 bits per heavy atom. The molecule has 2 amide bonds. The van der Waals surface area contributed by atoms with Gasteiger partial charge in [-0.25, -0.2) is 10.2 Å². The fourth-order valence-electron chi connectivity index (χ4n) is 2.70. The largest absolute Gasteiger partial charge is 0.423 e. The highest BCUT2D eigenvalue weighted by atomic mass is 35.5. The van der Waals surface area contributed by atoms with Crippen molar-refractivity contribution in [1.29, 1.82) is 0 Å². The number of ether oxygens (including phenoxy) is 1. The van der Waals surface area contributed by atoms with Crippen LogP contribution in [-0.4, -0.2) is 30.5 Å². The first kappa shape index (κ1) is 24.0. The van der Waals surface area contributed by atoms with E-state index in [1.54, 1.807) is 36.4 Å². The zero-order valence-corrected chi connectivity index (χ0v) is 19.0. The summed E-state index contributed by atoms with van der Waals surface area (Å²) in [5, 5.41) is 6.88. The van der Waals surface area contributed by atoms with E-state index >= 15 is 0 Å². The summed E-state index contributed by atoms with van der Waals surface area (Å²) in [7, 11) is 0. The molecule has 0 bridgehead atoms. The van der Waals surface area contributed by atoms with E-state index in [-0.39, 0.29) is 17.1 Å². The normalized spacial score (nSPS) is 10.6. The van der Waals surface area contributed by atoms with E-state index in [2.05, 4.69) is 15.8 Å². The molecule has 0 aliphatic rings. The minimum Gasteiger partial charge on any atom is -0.423 e. The highest BCUT2D eigenvalue weighted by Gasteiger charge is 2.11. The van der Waals surface area contributed by atoms with Gasteiger partial charge in [-0.2, -0.15) is 5.10 Å². The van der Waals surface area contributed by atoms with Gasteiger partial charge in [-0.15, -0.1) is 0 Å². The van der Waals surface area contributed by atoms with Gasteiger partial charge in [0.15, 0.2) is 0 Å². The Morgan fingerprint density at radius 2 is 1.70 bits per heavy atom. The Balaban J connectivity index is 1.46. The van der Waals surface area contributed by atoms with Crippen LogP contribution in [0.4, 0.5) is 0 Å². The summed E-state index contributed by atoms with van der Waals surface area (Å²) in [5.74, 6) is -1.04. The summed E-state index contributed by atoms with van der Waals surface area (Å²) < 4.78 is 5.37. The van der Waals surface area contributed by atoms with Crippen molar-refractivity contribution in [3.8, 4) is 5.75 Å². The molecule has 2 N–H and O–H groups in total. The number of carbonyl (C=O) groups is 3. The van der Waals surface area contributed by atoms with Gasteiger partial charge < -0.3 is 10.1 Å². The third kappa shape index (κ3) is 6.90. The van der Waals surface area contributed by atoms with Gasteiger partial charge in [-0.1, -0.05) is 41.4 Å². The number of esters is 1. The summed E-state index contributed by atoms with van der Waals surface area (Å²) in [6, 6.07) is 18.2. The number of nitrogens with zero attached hydrogens (tertiary/aromatic N) is 1. The van der Waals surface area contributed by atoms with Gasteiger partial charge >= 0.3 is 5.97 Å². The van der Waals surface area contributed by atoms with E-state index in [1.807, 2.05) is 19.1 Å². The summed E-state index contributed by atoms with van der Waals surface area (Å²) in [6.07, 6.45) is 1.42. The molecule has 0 aliphatic heterocycles. The van der Waals surface area contributed by atoms with Crippen LogP contribution < -0.4 is 15.5 Å². The zero-order valence-electron chi connectivity index (χ0n) is 17.5. The maximum Gasteiger partial charge on any atom is 0.343 e.